The van der Waals surface area contributed by atoms with E-state index in [1.54, 1.807) is 21.3 Å². The Balaban J connectivity index is 2.78. The number of aliphatic hydroxyl groups is 1. The summed E-state index contributed by atoms with van der Waals surface area (Å²) in [4.78, 5) is 0. The fourth-order valence-corrected chi connectivity index (χ4v) is 2.00. The molecule has 1 heterocycles. The third-order valence-electron chi connectivity index (χ3n) is 2.76. The lowest BCUT2D eigenvalue weighted by Crippen LogP contribution is -2.60. The molecule has 1 rings (SSSR count). The summed E-state index contributed by atoms with van der Waals surface area (Å²) in [5.74, 6) is 0. The van der Waals surface area contributed by atoms with Crippen molar-refractivity contribution in [2.45, 2.75) is 30.7 Å². The Hall–Kier alpha value is -0.240. The molecule has 6 heteroatoms. The van der Waals surface area contributed by atoms with E-state index in [-0.39, 0.29) is 18.3 Å². The van der Waals surface area contributed by atoms with Crippen molar-refractivity contribution in [3.8, 4) is 0 Å². The molecule has 6 nitrogen and oxygen atoms in total. The maximum absolute atomic E-state index is 9.74. The predicted molar refractivity (Wildman–Crippen MR) is 55.1 cm³/mol. The van der Waals surface area contributed by atoms with Crippen LogP contribution in [0.5, 0.6) is 0 Å². The fourth-order valence-electron chi connectivity index (χ4n) is 2.00. The highest BCUT2D eigenvalue weighted by Gasteiger charge is 2.46. The van der Waals surface area contributed by atoms with E-state index in [0.717, 1.165) is 0 Å². The van der Waals surface area contributed by atoms with Crippen LogP contribution in [-0.2, 0) is 23.7 Å². The van der Waals surface area contributed by atoms with Gasteiger partial charge in [-0.25, -0.2) is 0 Å². The Labute approximate surface area is 95.4 Å². The van der Waals surface area contributed by atoms with Crippen LogP contribution in [0.3, 0.4) is 0 Å². The zero-order valence-corrected chi connectivity index (χ0v) is 10.1. The number of hydrogen-bond acceptors (Lipinski definition) is 6. The van der Waals surface area contributed by atoms with Gasteiger partial charge in [0.2, 0.25) is 0 Å². The summed E-state index contributed by atoms with van der Waals surface area (Å²) >= 11 is 0. The van der Waals surface area contributed by atoms with Crippen molar-refractivity contribution in [2.24, 2.45) is 0 Å². The molecule has 96 valence electrons. The van der Waals surface area contributed by atoms with Gasteiger partial charge in [0.05, 0.1) is 6.61 Å². The third kappa shape index (κ3) is 2.71. The molecular weight excluding hydrogens is 216 g/mol. The third-order valence-corrected chi connectivity index (χ3v) is 2.76. The van der Waals surface area contributed by atoms with Crippen molar-refractivity contribution in [1.82, 2.24) is 0 Å². The summed E-state index contributed by atoms with van der Waals surface area (Å²) in [5, 5.41) is 9.74. The number of ether oxygens (including phenoxy) is 5. The maximum Gasteiger partial charge on any atom is 0.184 e. The van der Waals surface area contributed by atoms with Gasteiger partial charge < -0.3 is 28.8 Å². The van der Waals surface area contributed by atoms with Crippen LogP contribution >= 0.6 is 0 Å². The summed E-state index contributed by atoms with van der Waals surface area (Å²) in [6.45, 7) is 0.325. The highest BCUT2D eigenvalue weighted by molar-refractivity contribution is 4.91. The van der Waals surface area contributed by atoms with E-state index >= 15 is 0 Å². The Kier molecular flexibility index (Phi) is 5.60. The Morgan fingerprint density at radius 2 is 1.50 bits per heavy atom. The van der Waals surface area contributed by atoms with Gasteiger partial charge in [-0.15, -0.1) is 0 Å². The second kappa shape index (κ2) is 6.48. The van der Waals surface area contributed by atoms with E-state index in [9.17, 15) is 5.11 Å². The van der Waals surface area contributed by atoms with Gasteiger partial charge in [-0.1, -0.05) is 0 Å². The van der Waals surface area contributed by atoms with Gasteiger partial charge in [-0.2, -0.15) is 0 Å². The quantitative estimate of drug-likeness (QED) is 0.687. The summed E-state index contributed by atoms with van der Waals surface area (Å²) in [6.07, 6.45) is -2.71. The Bertz CT molecular complexity index is 200. The number of methoxy groups -OCH3 is 4. The smallest absolute Gasteiger partial charge is 0.184 e. The largest absolute Gasteiger partial charge is 0.382 e. The van der Waals surface area contributed by atoms with Gasteiger partial charge in [-0.3, -0.25) is 0 Å². The molecule has 0 radical (unpaired) electrons. The van der Waals surface area contributed by atoms with Crippen LogP contribution in [0, 0.1) is 0 Å². The number of hydrogen-bond donors (Lipinski definition) is 1. The van der Waals surface area contributed by atoms with E-state index in [1.807, 2.05) is 0 Å². The monoisotopic (exact) mass is 236 g/mol. The molecule has 1 saturated heterocycles. The molecule has 1 fully saturated rings. The highest BCUT2D eigenvalue weighted by atomic mass is 16.7. The molecule has 1 aliphatic heterocycles. The predicted octanol–water partition coefficient (Wildman–Crippen LogP) is -0.605. The zero-order valence-electron chi connectivity index (χ0n) is 10.1. The van der Waals surface area contributed by atoms with E-state index < -0.39 is 12.4 Å². The van der Waals surface area contributed by atoms with E-state index in [4.69, 9.17) is 23.7 Å². The lowest BCUT2D eigenvalue weighted by Gasteiger charge is -2.42. The SMILES string of the molecule is COC[C@@H]1OC(O)[C@H](OC)[C@H](OC)[C@H]1OC. The average molecular weight is 236 g/mol. The second-order valence-corrected chi connectivity index (χ2v) is 3.62. The van der Waals surface area contributed by atoms with Crippen LogP contribution in [0.2, 0.25) is 0 Å². The molecule has 0 saturated carbocycles. The molecule has 0 bridgehead atoms. The molecule has 0 amide bonds. The minimum absolute atomic E-state index is 0.325. The van der Waals surface area contributed by atoms with Crippen LogP contribution < -0.4 is 0 Å². The highest BCUT2D eigenvalue weighted by Crippen LogP contribution is 2.25. The Morgan fingerprint density at radius 3 is 1.94 bits per heavy atom. The lowest BCUT2D eigenvalue weighted by atomic mass is 9.98. The first-order chi connectivity index (χ1) is 7.69. The minimum atomic E-state index is -1.04. The molecule has 1 aliphatic rings. The van der Waals surface area contributed by atoms with E-state index in [1.165, 1.54) is 7.11 Å². The molecular formula is C10H20O6. The standard InChI is InChI=1S/C10H20O6/c1-12-5-6-7(13-2)8(14-3)9(15-4)10(11)16-6/h6-11H,5H2,1-4H3/t6-,7-,8+,9+,10?/m0/s1. The van der Waals surface area contributed by atoms with Crippen molar-refractivity contribution in [3.63, 3.8) is 0 Å². The van der Waals surface area contributed by atoms with E-state index in [0.29, 0.717) is 6.61 Å². The summed E-state index contributed by atoms with van der Waals surface area (Å²) < 4.78 is 26.1. The topological polar surface area (TPSA) is 66.4 Å². The number of rotatable bonds is 5. The van der Waals surface area contributed by atoms with Crippen LogP contribution in [0.1, 0.15) is 0 Å². The minimum Gasteiger partial charge on any atom is -0.382 e. The zero-order chi connectivity index (χ0) is 12.1. The molecule has 0 spiro atoms. The van der Waals surface area contributed by atoms with E-state index in [2.05, 4.69) is 0 Å². The maximum atomic E-state index is 9.74. The first-order valence-electron chi connectivity index (χ1n) is 5.10. The van der Waals surface area contributed by atoms with Crippen molar-refractivity contribution >= 4 is 0 Å². The Morgan fingerprint density at radius 1 is 0.938 bits per heavy atom. The molecule has 16 heavy (non-hydrogen) atoms. The number of aliphatic hydroxyl groups excluding tert-OH is 1. The molecule has 0 aliphatic carbocycles. The van der Waals surface area contributed by atoms with Crippen molar-refractivity contribution in [1.29, 1.82) is 0 Å². The average Bonchev–Trinajstić information content (AvgIpc) is 2.28. The summed E-state index contributed by atoms with van der Waals surface area (Å²) in [7, 11) is 6.16. The van der Waals surface area contributed by atoms with Crippen molar-refractivity contribution < 1.29 is 28.8 Å². The van der Waals surface area contributed by atoms with Crippen LogP contribution in [0.4, 0.5) is 0 Å². The molecule has 1 N–H and O–H groups in total. The molecule has 1 unspecified atom stereocenters. The summed E-state index contributed by atoms with van der Waals surface area (Å²) in [6, 6.07) is 0. The van der Waals surface area contributed by atoms with Gasteiger partial charge in [0.25, 0.3) is 0 Å². The van der Waals surface area contributed by atoms with Crippen LogP contribution in [0.15, 0.2) is 0 Å². The van der Waals surface area contributed by atoms with Gasteiger partial charge in [0.1, 0.15) is 24.4 Å². The molecule has 0 aromatic heterocycles. The van der Waals surface area contributed by atoms with Gasteiger partial charge in [0, 0.05) is 28.4 Å². The van der Waals surface area contributed by atoms with Crippen molar-refractivity contribution in [2.75, 3.05) is 35.0 Å². The molecule has 0 aromatic rings. The summed E-state index contributed by atoms with van der Waals surface area (Å²) in [5.41, 5.74) is 0. The van der Waals surface area contributed by atoms with Gasteiger partial charge in [0.15, 0.2) is 6.29 Å². The first kappa shape index (κ1) is 13.8. The van der Waals surface area contributed by atoms with Crippen LogP contribution in [0.25, 0.3) is 0 Å². The molecule has 0 aromatic carbocycles. The first-order valence-corrected chi connectivity index (χ1v) is 5.10. The molecule has 5 atom stereocenters. The second-order valence-electron chi connectivity index (χ2n) is 3.62. The van der Waals surface area contributed by atoms with Gasteiger partial charge in [-0.05, 0) is 0 Å². The van der Waals surface area contributed by atoms with Gasteiger partial charge >= 0.3 is 0 Å². The van der Waals surface area contributed by atoms with Crippen LogP contribution in [-0.4, -0.2) is 70.9 Å². The normalized spacial score (nSPS) is 39.9. The lowest BCUT2D eigenvalue weighted by molar-refractivity contribution is -0.300. The van der Waals surface area contributed by atoms with Crippen molar-refractivity contribution in [3.05, 3.63) is 0 Å². The fraction of sp³-hybridized carbons (Fsp3) is 1.00.